The molecule has 7 nitrogen and oxygen atoms in total. The molecule has 0 bridgehead atoms. The van der Waals surface area contributed by atoms with Gasteiger partial charge < -0.3 is 15.0 Å². The second kappa shape index (κ2) is 9.28. The molecule has 2 heterocycles. The van der Waals surface area contributed by atoms with E-state index in [-0.39, 0.29) is 12.3 Å². The van der Waals surface area contributed by atoms with Crippen LogP contribution in [0.3, 0.4) is 0 Å². The van der Waals surface area contributed by atoms with Crippen molar-refractivity contribution in [2.75, 3.05) is 5.75 Å². The fourth-order valence-corrected chi connectivity index (χ4v) is 5.19. The van der Waals surface area contributed by atoms with E-state index in [4.69, 9.17) is 10.00 Å². The Hall–Kier alpha value is -3.57. The van der Waals surface area contributed by atoms with Gasteiger partial charge in [-0.2, -0.15) is 5.26 Å². The van der Waals surface area contributed by atoms with Crippen molar-refractivity contribution in [3.8, 4) is 6.07 Å². The van der Waals surface area contributed by atoms with E-state index < -0.39 is 35.4 Å². The average Bonchev–Trinajstić information content (AvgIpc) is 2.82. The predicted molar refractivity (Wildman–Crippen MR) is 119 cm³/mol. The highest BCUT2D eigenvalue weighted by Gasteiger charge is 2.56. The minimum atomic E-state index is -0.923. The lowest BCUT2D eigenvalue weighted by atomic mass is 9.97. The molecule has 0 aromatic heterocycles. The maximum Gasteiger partial charge on any atom is 0.334 e. The molecule has 2 aromatic carbocycles. The summed E-state index contributed by atoms with van der Waals surface area (Å²) in [6, 6.07) is 18.9. The van der Waals surface area contributed by atoms with Crippen LogP contribution in [0.25, 0.3) is 0 Å². The summed E-state index contributed by atoms with van der Waals surface area (Å²) in [5, 5.41) is 10.9. The Bertz CT molecular complexity index is 1040. The first-order valence-corrected chi connectivity index (χ1v) is 11.1. The summed E-state index contributed by atoms with van der Waals surface area (Å²) in [5.74, 6) is -0.997. The number of nitriles is 1. The molecule has 1 N–H and O–H groups in total. The van der Waals surface area contributed by atoms with Gasteiger partial charge in [-0.1, -0.05) is 67.2 Å². The SMILES string of the molecule is C=C1CS[C@@H]2[C@H](NC(=O)CC#N)C(=O)N2[C@H]1C(=O)OC(c1ccccc1)c1ccccc1. The van der Waals surface area contributed by atoms with Crippen LogP contribution in [0, 0.1) is 11.3 Å². The summed E-state index contributed by atoms with van der Waals surface area (Å²) < 4.78 is 5.96. The molecular formula is C24H21N3O4S. The summed E-state index contributed by atoms with van der Waals surface area (Å²) in [6.07, 6.45) is -0.955. The first kappa shape index (κ1) is 21.7. The molecule has 2 aliphatic heterocycles. The van der Waals surface area contributed by atoms with Crippen LogP contribution in [-0.2, 0) is 19.1 Å². The Labute approximate surface area is 190 Å². The quantitative estimate of drug-likeness (QED) is 0.415. The number of ether oxygens (including phenoxy) is 1. The third kappa shape index (κ3) is 4.12. The van der Waals surface area contributed by atoms with Crippen molar-refractivity contribution in [3.63, 3.8) is 0 Å². The van der Waals surface area contributed by atoms with E-state index in [1.807, 2.05) is 60.7 Å². The molecule has 162 valence electrons. The monoisotopic (exact) mass is 447 g/mol. The summed E-state index contributed by atoms with van der Waals surface area (Å²) in [7, 11) is 0. The number of benzene rings is 2. The molecule has 32 heavy (non-hydrogen) atoms. The number of carbonyl (C=O) groups excluding carboxylic acids is 3. The first-order valence-electron chi connectivity index (χ1n) is 10.1. The number of hydrogen-bond donors (Lipinski definition) is 1. The maximum atomic E-state index is 13.3. The van der Waals surface area contributed by atoms with Crippen LogP contribution in [0.4, 0.5) is 0 Å². The third-order valence-corrected chi connectivity index (χ3v) is 6.78. The topological polar surface area (TPSA) is 99.5 Å². The largest absolute Gasteiger partial charge is 0.451 e. The number of thioether (sulfide) groups is 1. The minimum Gasteiger partial charge on any atom is -0.451 e. The molecular weight excluding hydrogens is 426 g/mol. The molecule has 4 rings (SSSR count). The summed E-state index contributed by atoms with van der Waals surface area (Å²) >= 11 is 1.43. The van der Waals surface area contributed by atoms with Gasteiger partial charge in [0.2, 0.25) is 11.8 Å². The Morgan fingerprint density at radius 3 is 2.31 bits per heavy atom. The van der Waals surface area contributed by atoms with Crippen molar-refractivity contribution < 1.29 is 19.1 Å². The van der Waals surface area contributed by atoms with E-state index in [0.29, 0.717) is 11.3 Å². The fourth-order valence-electron chi connectivity index (χ4n) is 3.88. The van der Waals surface area contributed by atoms with Gasteiger partial charge in [0.05, 0.1) is 6.07 Å². The van der Waals surface area contributed by atoms with E-state index in [1.165, 1.54) is 16.7 Å². The number of nitrogens with zero attached hydrogens (tertiary/aromatic N) is 2. The zero-order valence-electron chi connectivity index (χ0n) is 17.1. The minimum absolute atomic E-state index is 0.324. The normalized spacial score (nSPS) is 21.9. The summed E-state index contributed by atoms with van der Waals surface area (Å²) in [6.45, 7) is 3.99. The van der Waals surface area contributed by atoms with Gasteiger partial charge in [0.1, 0.15) is 17.8 Å². The number of fused-ring (bicyclic) bond motifs is 1. The van der Waals surface area contributed by atoms with Gasteiger partial charge in [0.25, 0.3) is 0 Å². The van der Waals surface area contributed by atoms with Gasteiger partial charge in [-0.3, -0.25) is 9.59 Å². The van der Waals surface area contributed by atoms with E-state index in [0.717, 1.165) is 11.1 Å². The molecule has 2 aromatic rings. The average molecular weight is 448 g/mol. The van der Waals surface area contributed by atoms with Crippen LogP contribution in [-0.4, -0.2) is 45.9 Å². The van der Waals surface area contributed by atoms with Gasteiger partial charge in [-0.25, -0.2) is 4.79 Å². The van der Waals surface area contributed by atoms with Crippen molar-refractivity contribution >= 4 is 29.5 Å². The second-order valence-corrected chi connectivity index (χ2v) is 8.63. The number of amides is 2. The lowest BCUT2D eigenvalue weighted by Gasteiger charge is -2.52. The highest BCUT2D eigenvalue weighted by molar-refractivity contribution is 8.00. The van der Waals surface area contributed by atoms with Crippen LogP contribution in [0.2, 0.25) is 0 Å². The smallest absolute Gasteiger partial charge is 0.334 e. The highest BCUT2D eigenvalue weighted by atomic mass is 32.2. The molecule has 3 atom stereocenters. The zero-order valence-corrected chi connectivity index (χ0v) is 18.0. The van der Waals surface area contributed by atoms with E-state index in [9.17, 15) is 14.4 Å². The molecule has 0 radical (unpaired) electrons. The number of nitrogens with one attached hydrogen (secondary N) is 1. The molecule has 0 spiro atoms. The Balaban J connectivity index is 1.55. The molecule has 0 saturated carbocycles. The number of hydrogen-bond acceptors (Lipinski definition) is 6. The molecule has 0 unspecified atom stereocenters. The summed E-state index contributed by atoms with van der Waals surface area (Å²) in [4.78, 5) is 39.3. The Morgan fingerprint density at radius 1 is 1.16 bits per heavy atom. The molecule has 2 fully saturated rings. The van der Waals surface area contributed by atoms with Gasteiger partial charge in [0, 0.05) is 5.75 Å². The number of carbonyl (C=O) groups is 3. The Morgan fingerprint density at radius 2 is 1.75 bits per heavy atom. The fraction of sp³-hybridized carbons (Fsp3) is 0.250. The van der Waals surface area contributed by atoms with Crippen molar-refractivity contribution in [3.05, 3.63) is 83.9 Å². The number of β-lactam (4-membered cyclic amide) rings is 1. The van der Waals surface area contributed by atoms with Gasteiger partial charge in [0.15, 0.2) is 12.1 Å². The van der Waals surface area contributed by atoms with Crippen LogP contribution in [0.5, 0.6) is 0 Å². The lowest BCUT2D eigenvalue weighted by molar-refractivity contribution is -0.165. The second-order valence-electron chi connectivity index (χ2n) is 7.53. The van der Waals surface area contributed by atoms with Gasteiger partial charge in [-0.15, -0.1) is 11.8 Å². The Kier molecular flexibility index (Phi) is 6.28. The molecule has 2 saturated heterocycles. The number of rotatable bonds is 6. The first-order chi connectivity index (χ1) is 15.5. The third-order valence-electron chi connectivity index (χ3n) is 5.40. The summed E-state index contributed by atoms with van der Waals surface area (Å²) in [5.41, 5.74) is 2.21. The van der Waals surface area contributed by atoms with E-state index >= 15 is 0 Å². The van der Waals surface area contributed by atoms with Crippen LogP contribution in [0.1, 0.15) is 23.7 Å². The van der Waals surface area contributed by atoms with Crippen molar-refractivity contribution in [1.29, 1.82) is 5.26 Å². The van der Waals surface area contributed by atoms with Crippen molar-refractivity contribution in [2.24, 2.45) is 0 Å². The van der Waals surface area contributed by atoms with Gasteiger partial charge >= 0.3 is 5.97 Å². The maximum absolute atomic E-state index is 13.3. The lowest BCUT2D eigenvalue weighted by Crippen LogP contribution is -2.74. The van der Waals surface area contributed by atoms with E-state index in [2.05, 4.69) is 11.9 Å². The molecule has 2 amide bonds. The van der Waals surface area contributed by atoms with E-state index in [1.54, 1.807) is 6.07 Å². The predicted octanol–water partition coefficient (Wildman–Crippen LogP) is 2.56. The zero-order chi connectivity index (χ0) is 22.7. The van der Waals surface area contributed by atoms with Gasteiger partial charge in [-0.05, 0) is 16.7 Å². The van der Waals surface area contributed by atoms with Crippen LogP contribution >= 0.6 is 11.8 Å². The number of esters is 1. The molecule has 0 aliphatic carbocycles. The van der Waals surface area contributed by atoms with Crippen molar-refractivity contribution in [2.45, 2.75) is 30.0 Å². The molecule has 8 heteroatoms. The highest BCUT2D eigenvalue weighted by Crippen LogP contribution is 2.41. The van der Waals surface area contributed by atoms with Crippen LogP contribution in [0.15, 0.2) is 72.8 Å². The standard InChI is InChI=1S/C24H21N3O4S/c1-15-14-32-23-19(26-18(28)12-13-25)22(29)27(23)20(15)24(30)31-21(16-8-4-2-5-9-16)17-10-6-3-7-11-17/h2-11,19-21,23H,1,12,14H2,(H,26,28)/t19-,20-,23-/m1/s1. The van der Waals surface area contributed by atoms with Crippen molar-refractivity contribution in [1.82, 2.24) is 10.2 Å². The molecule has 2 aliphatic rings. The van der Waals surface area contributed by atoms with Crippen LogP contribution < -0.4 is 5.32 Å².